The van der Waals surface area contributed by atoms with E-state index in [1.165, 1.54) is 13.5 Å². The standard InChI is InChI=1S/C20H23N3O3/c1-26-20-17(11-14-12-21-16-10-6-5-9-15(14)16)22-19(24)18(23(20)25)13-7-3-2-4-8-13/h5-6,9-10,12-13,21H,2-4,7-8,11H2,1H3,(H,22,24). The van der Waals surface area contributed by atoms with E-state index in [9.17, 15) is 10.0 Å². The van der Waals surface area contributed by atoms with Crippen LogP contribution in [0.2, 0.25) is 0 Å². The van der Waals surface area contributed by atoms with Crippen molar-refractivity contribution >= 4 is 10.9 Å². The second kappa shape index (κ2) is 6.86. The first-order valence-corrected chi connectivity index (χ1v) is 9.16. The van der Waals surface area contributed by atoms with Crippen LogP contribution in [-0.2, 0) is 6.42 Å². The number of aromatic amines is 2. The Hall–Kier alpha value is -2.76. The van der Waals surface area contributed by atoms with Crippen molar-refractivity contribution in [1.29, 1.82) is 0 Å². The molecule has 26 heavy (non-hydrogen) atoms. The molecule has 0 atom stereocenters. The van der Waals surface area contributed by atoms with Crippen molar-refractivity contribution in [2.24, 2.45) is 0 Å². The molecule has 1 aliphatic carbocycles. The number of fused-ring (bicyclic) bond motifs is 1. The zero-order valence-corrected chi connectivity index (χ0v) is 14.9. The van der Waals surface area contributed by atoms with Crippen molar-refractivity contribution in [2.75, 3.05) is 7.11 Å². The number of nitrogens with one attached hydrogen (secondary N) is 2. The molecule has 1 fully saturated rings. The van der Waals surface area contributed by atoms with Crippen LogP contribution in [0.5, 0.6) is 5.88 Å². The molecule has 136 valence electrons. The Morgan fingerprint density at radius 1 is 1.23 bits per heavy atom. The fourth-order valence-corrected chi connectivity index (χ4v) is 4.10. The van der Waals surface area contributed by atoms with Gasteiger partial charge in [0.2, 0.25) is 0 Å². The Bertz CT molecular complexity index is 984. The van der Waals surface area contributed by atoms with Gasteiger partial charge < -0.3 is 19.9 Å². The van der Waals surface area contributed by atoms with Crippen LogP contribution in [0.25, 0.3) is 10.9 Å². The van der Waals surface area contributed by atoms with Gasteiger partial charge in [0, 0.05) is 23.5 Å². The summed E-state index contributed by atoms with van der Waals surface area (Å²) in [5.74, 6) is 0.205. The van der Waals surface area contributed by atoms with Crippen molar-refractivity contribution in [2.45, 2.75) is 44.4 Å². The molecule has 0 aliphatic heterocycles. The molecule has 0 amide bonds. The number of ether oxygens (including phenoxy) is 1. The highest BCUT2D eigenvalue weighted by Crippen LogP contribution is 2.30. The number of methoxy groups -OCH3 is 1. The zero-order chi connectivity index (χ0) is 18.1. The molecule has 0 radical (unpaired) electrons. The molecule has 2 heterocycles. The van der Waals surface area contributed by atoms with Gasteiger partial charge in [-0.2, -0.15) is 0 Å². The average molecular weight is 353 g/mol. The first-order chi connectivity index (χ1) is 12.7. The molecule has 0 bridgehead atoms. The Balaban J connectivity index is 1.76. The second-order valence-electron chi connectivity index (χ2n) is 6.99. The first-order valence-electron chi connectivity index (χ1n) is 9.16. The maximum Gasteiger partial charge on any atom is 0.400 e. The molecule has 6 heteroatoms. The summed E-state index contributed by atoms with van der Waals surface area (Å²) in [7, 11) is 1.48. The predicted octanol–water partition coefficient (Wildman–Crippen LogP) is 3.14. The monoisotopic (exact) mass is 353 g/mol. The molecule has 0 spiro atoms. The molecule has 0 saturated heterocycles. The fourth-order valence-electron chi connectivity index (χ4n) is 4.10. The number of H-pyrrole nitrogens is 2. The van der Waals surface area contributed by atoms with E-state index >= 15 is 0 Å². The second-order valence-corrected chi connectivity index (χ2v) is 6.99. The van der Waals surface area contributed by atoms with Gasteiger partial charge in [0.25, 0.3) is 5.69 Å². The minimum atomic E-state index is -0.289. The number of nitrogens with zero attached hydrogens (tertiary/aromatic N) is 1. The molecule has 4 rings (SSSR count). The van der Waals surface area contributed by atoms with Crippen LogP contribution in [0, 0.1) is 5.21 Å². The Morgan fingerprint density at radius 2 is 2.00 bits per heavy atom. The van der Waals surface area contributed by atoms with Gasteiger partial charge in [-0.25, -0.2) is 0 Å². The molecule has 1 aromatic carbocycles. The first kappa shape index (κ1) is 16.7. The molecule has 2 N–H and O–H groups in total. The lowest BCUT2D eigenvalue weighted by atomic mass is 9.87. The van der Waals surface area contributed by atoms with Crippen LogP contribution in [0.3, 0.4) is 0 Å². The summed E-state index contributed by atoms with van der Waals surface area (Å²) in [6, 6.07) is 7.96. The summed E-state index contributed by atoms with van der Waals surface area (Å²) in [4.78, 5) is 18.8. The zero-order valence-electron chi connectivity index (χ0n) is 14.9. The van der Waals surface area contributed by atoms with E-state index in [0.29, 0.717) is 17.8 Å². The van der Waals surface area contributed by atoms with Crippen LogP contribution in [-0.4, -0.2) is 17.1 Å². The normalized spacial score (nSPS) is 15.4. The molecule has 6 nitrogen and oxygen atoms in total. The van der Waals surface area contributed by atoms with E-state index in [2.05, 4.69) is 9.97 Å². The predicted molar refractivity (Wildman–Crippen MR) is 99.5 cm³/mol. The molecule has 3 aromatic rings. The Labute approximate surface area is 151 Å². The molecule has 1 saturated carbocycles. The highest BCUT2D eigenvalue weighted by atomic mass is 16.5. The van der Waals surface area contributed by atoms with Gasteiger partial charge in [-0.15, -0.1) is 4.73 Å². The highest BCUT2D eigenvalue weighted by molar-refractivity contribution is 5.83. The summed E-state index contributed by atoms with van der Waals surface area (Å²) < 4.78 is 6.11. The third-order valence-corrected chi connectivity index (χ3v) is 5.39. The molecule has 0 unspecified atom stereocenters. The number of para-hydroxylation sites is 1. The van der Waals surface area contributed by atoms with Crippen LogP contribution >= 0.6 is 0 Å². The van der Waals surface area contributed by atoms with E-state index in [1.807, 2.05) is 30.5 Å². The highest BCUT2D eigenvalue weighted by Gasteiger charge is 2.30. The van der Waals surface area contributed by atoms with E-state index in [4.69, 9.17) is 4.74 Å². The summed E-state index contributed by atoms with van der Waals surface area (Å²) >= 11 is 0. The third kappa shape index (κ3) is 2.85. The lowest BCUT2D eigenvalue weighted by Gasteiger charge is -2.21. The van der Waals surface area contributed by atoms with Gasteiger partial charge in [0.15, 0.2) is 0 Å². The maximum atomic E-state index is 12.9. The topological polar surface area (TPSA) is 84.8 Å². The van der Waals surface area contributed by atoms with Gasteiger partial charge in [0.1, 0.15) is 5.69 Å². The Morgan fingerprint density at radius 3 is 2.77 bits per heavy atom. The van der Waals surface area contributed by atoms with E-state index in [-0.39, 0.29) is 17.4 Å². The lowest BCUT2D eigenvalue weighted by molar-refractivity contribution is -0.624. The van der Waals surface area contributed by atoms with Gasteiger partial charge >= 0.3 is 11.4 Å². The number of rotatable bonds is 4. The SMILES string of the molecule is COc1c(Cc2c[nH]c3ccccc23)[nH]c(=O)c(C2CCCCC2)[n+]1[O-]. The third-order valence-electron chi connectivity index (χ3n) is 5.39. The van der Waals surface area contributed by atoms with Gasteiger partial charge in [0.05, 0.1) is 13.0 Å². The summed E-state index contributed by atoms with van der Waals surface area (Å²) in [6.07, 6.45) is 7.39. The smallest absolute Gasteiger partial charge is 0.400 e. The molecule has 2 aromatic heterocycles. The summed E-state index contributed by atoms with van der Waals surface area (Å²) in [5, 5.41) is 14.0. The van der Waals surface area contributed by atoms with Crippen LogP contribution in [0.1, 0.15) is 55.0 Å². The molecule has 1 aliphatic rings. The van der Waals surface area contributed by atoms with Crippen LogP contribution < -0.4 is 15.0 Å². The minimum absolute atomic E-state index is 0.0149. The summed E-state index contributed by atoms with van der Waals surface area (Å²) in [5.41, 5.74) is 2.56. The van der Waals surface area contributed by atoms with Crippen molar-refractivity contribution in [1.82, 2.24) is 9.97 Å². The van der Waals surface area contributed by atoms with E-state index in [1.54, 1.807) is 0 Å². The van der Waals surface area contributed by atoms with E-state index < -0.39 is 0 Å². The maximum absolute atomic E-state index is 12.9. The van der Waals surface area contributed by atoms with Crippen molar-refractivity contribution in [3.8, 4) is 5.88 Å². The number of aromatic nitrogens is 3. The van der Waals surface area contributed by atoms with Crippen LogP contribution in [0.15, 0.2) is 35.3 Å². The number of benzene rings is 1. The lowest BCUT2D eigenvalue weighted by Crippen LogP contribution is -2.44. The van der Waals surface area contributed by atoms with Gasteiger partial charge in [-0.05, 0) is 24.5 Å². The van der Waals surface area contributed by atoms with Gasteiger partial charge in [-0.3, -0.25) is 4.79 Å². The van der Waals surface area contributed by atoms with Crippen molar-refractivity contribution in [3.63, 3.8) is 0 Å². The van der Waals surface area contributed by atoms with Crippen molar-refractivity contribution < 1.29 is 9.47 Å². The van der Waals surface area contributed by atoms with Gasteiger partial charge in [-0.1, -0.05) is 37.5 Å². The fraction of sp³-hybridized carbons (Fsp3) is 0.400. The summed E-state index contributed by atoms with van der Waals surface area (Å²) in [6.45, 7) is 0. The number of hydrogen-bond donors (Lipinski definition) is 2. The number of hydrogen-bond acceptors (Lipinski definition) is 3. The van der Waals surface area contributed by atoms with Crippen LogP contribution in [0.4, 0.5) is 0 Å². The molecular formula is C20H23N3O3. The average Bonchev–Trinajstić information content (AvgIpc) is 3.06. The molecular weight excluding hydrogens is 330 g/mol. The Kier molecular flexibility index (Phi) is 4.41. The van der Waals surface area contributed by atoms with E-state index in [0.717, 1.165) is 46.9 Å². The quantitative estimate of drug-likeness (QED) is 0.558. The van der Waals surface area contributed by atoms with Crippen molar-refractivity contribution in [3.05, 3.63) is 63.0 Å². The minimum Gasteiger partial charge on any atom is -0.616 e. The largest absolute Gasteiger partial charge is 0.616 e.